The molecule has 0 aliphatic heterocycles. The average Bonchev–Trinajstić information content (AvgIpc) is 2.83. The van der Waals surface area contributed by atoms with Crippen molar-refractivity contribution in [2.45, 2.75) is 20.4 Å². The third kappa shape index (κ3) is 3.27. The maximum absolute atomic E-state index is 11.8. The lowest BCUT2D eigenvalue weighted by Gasteiger charge is -2.11. The van der Waals surface area contributed by atoms with E-state index in [2.05, 4.69) is 10.3 Å². The molecule has 0 spiro atoms. The number of ether oxygens (including phenoxy) is 1. The minimum Gasteiger partial charge on any atom is -0.462 e. The van der Waals surface area contributed by atoms with E-state index in [9.17, 15) is 4.79 Å². The summed E-state index contributed by atoms with van der Waals surface area (Å²) in [6.07, 6.45) is 1.83. The highest BCUT2D eigenvalue weighted by molar-refractivity contribution is 7.11. The first-order valence-corrected chi connectivity index (χ1v) is 7.14. The number of nitrogens with two attached hydrogens (primary N) is 1. The smallest absolute Gasteiger partial charge is 0.340 e. The summed E-state index contributed by atoms with van der Waals surface area (Å²) in [6.45, 7) is 4.68. The first-order valence-electron chi connectivity index (χ1n) is 6.32. The maximum Gasteiger partial charge on any atom is 0.340 e. The van der Waals surface area contributed by atoms with Crippen molar-refractivity contribution in [2.75, 3.05) is 17.7 Å². The molecular formula is C14H17N3O2S. The fourth-order valence-corrected chi connectivity index (χ4v) is 2.49. The van der Waals surface area contributed by atoms with Gasteiger partial charge in [0.2, 0.25) is 0 Å². The quantitative estimate of drug-likeness (QED) is 0.654. The van der Waals surface area contributed by atoms with Crippen LogP contribution in [0, 0.1) is 6.92 Å². The van der Waals surface area contributed by atoms with Gasteiger partial charge in [0.05, 0.1) is 30.1 Å². The second kappa shape index (κ2) is 6.38. The third-order valence-electron chi connectivity index (χ3n) is 2.70. The molecule has 5 nitrogen and oxygen atoms in total. The van der Waals surface area contributed by atoms with Gasteiger partial charge in [-0.2, -0.15) is 0 Å². The van der Waals surface area contributed by atoms with Gasteiger partial charge in [0.15, 0.2) is 0 Å². The summed E-state index contributed by atoms with van der Waals surface area (Å²) in [5.74, 6) is -0.404. The number of hydrogen-bond acceptors (Lipinski definition) is 6. The van der Waals surface area contributed by atoms with E-state index < -0.39 is 5.97 Å². The number of aromatic nitrogens is 1. The molecule has 0 unspecified atom stereocenters. The molecule has 0 bridgehead atoms. The molecule has 3 N–H and O–H groups in total. The number of rotatable bonds is 5. The number of benzene rings is 1. The van der Waals surface area contributed by atoms with Gasteiger partial charge in [-0.15, -0.1) is 11.3 Å². The van der Waals surface area contributed by atoms with Crippen LogP contribution in [0.1, 0.15) is 27.2 Å². The number of hydrogen-bond donors (Lipinski definition) is 2. The molecule has 1 aromatic carbocycles. The molecule has 0 radical (unpaired) electrons. The third-order valence-corrected chi connectivity index (χ3v) is 3.61. The SMILES string of the molecule is CCOC(=O)c1cccc(NCc2ncc(C)s2)c1N. The number of para-hydroxylation sites is 1. The van der Waals surface area contributed by atoms with E-state index in [0.29, 0.717) is 30.1 Å². The molecule has 20 heavy (non-hydrogen) atoms. The predicted molar refractivity (Wildman–Crippen MR) is 81.0 cm³/mol. The van der Waals surface area contributed by atoms with E-state index in [-0.39, 0.29) is 0 Å². The summed E-state index contributed by atoms with van der Waals surface area (Å²) in [4.78, 5) is 17.2. The lowest BCUT2D eigenvalue weighted by Crippen LogP contribution is -2.10. The topological polar surface area (TPSA) is 77.2 Å². The number of carbonyl (C=O) groups excluding carboxylic acids is 1. The van der Waals surface area contributed by atoms with Gasteiger partial charge in [0.25, 0.3) is 0 Å². The number of aryl methyl sites for hydroxylation is 1. The van der Waals surface area contributed by atoms with E-state index in [0.717, 1.165) is 9.88 Å². The van der Waals surface area contributed by atoms with Crippen LogP contribution in [0.15, 0.2) is 24.4 Å². The van der Waals surface area contributed by atoms with Crippen molar-refractivity contribution in [3.8, 4) is 0 Å². The van der Waals surface area contributed by atoms with E-state index in [1.165, 1.54) is 0 Å². The van der Waals surface area contributed by atoms with Gasteiger partial charge in [-0.3, -0.25) is 0 Å². The van der Waals surface area contributed by atoms with Gasteiger partial charge in [0.1, 0.15) is 5.01 Å². The van der Waals surface area contributed by atoms with Crippen LogP contribution < -0.4 is 11.1 Å². The highest BCUT2D eigenvalue weighted by Gasteiger charge is 2.13. The van der Waals surface area contributed by atoms with Crippen LogP contribution >= 0.6 is 11.3 Å². The Morgan fingerprint density at radius 3 is 2.95 bits per heavy atom. The van der Waals surface area contributed by atoms with Gasteiger partial charge in [-0.25, -0.2) is 9.78 Å². The monoisotopic (exact) mass is 291 g/mol. The fourth-order valence-electron chi connectivity index (χ4n) is 1.76. The lowest BCUT2D eigenvalue weighted by atomic mass is 10.1. The molecule has 2 rings (SSSR count). The van der Waals surface area contributed by atoms with Gasteiger partial charge >= 0.3 is 5.97 Å². The molecule has 1 heterocycles. The summed E-state index contributed by atoms with van der Waals surface area (Å²) in [6, 6.07) is 5.27. The Labute approximate surface area is 121 Å². The Hall–Kier alpha value is -2.08. The first kappa shape index (κ1) is 14.3. The molecule has 2 aromatic rings. The predicted octanol–water partition coefficient (Wildman–Crippen LogP) is 2.82. The zero-order valence-electron chi connectivity index (χ0n) is 11.5. The molecule has 0 aliphatic carbocycles. The maximum atomic E-state index is 11.8. The number of anilines is 2. The molecule has 0 atom stereocenters. The Kier molecular flexibility index (Phi) is 4.57. The summed E-state index contributed by atoms with van der Waals surface area (Å²) < 4.78 is 4.97. The standard InChI is InChI=1S/C14H17N3O2S/c1-3-19-14(18)10-5-4-6-11(13(10)15)16-8-12-17-7-9(2)20-12/h4-7,16H,3,8,15H2,1-2H3. The minimum absolute atomic E-state index is 0.328. The van der Waals surface area contributed by atoms with Crippen LogP contribution in [-0.4, -0.2) is 17.6 Å². The average molecular weight is 291 g/mol. The van der Waals surface area contributed by atoms with Gasteiger partial charge in [-0.05, 0) is 26.0 Å². The number of carbonyl (C=O) groups is 1. The fraction of sp³-hybridized carbons (Fsp3) is 0.286. The first-order chi connectivity index (χ1) is 9.61. The minimum atomic E-state index is -0.404. The number of nitrogen functional groups attached to an aromatic ring is 1. The van der Waals surface area contributed by atoms with Crippen LogP contribution in [0.25, 0.3) is 0 Å². The molecule has 106 valence electrons. The number of esters is 1. The van der Waals surface area contributed by atoms with Crippen molar-refractivity contribution in [2.24, 2.45) is 0 Å². The summed E-state index contributed by atoms with van der Waals surface area (Å²) in [5.41, 5.74) is 7.50. The van der Waals surface area contributed by atoms with E-state index >= 15 is 0 Å². The molecule has 0 amide bonds. The zero-order chi connectivity index (χ0) is 14.5. The molecule has 0 saturated carbocycles. The lowest BCUT2D eigenvalue weighted by molar-refractivity contribution is 0.0527. The Bertz CT molecular complexity index is 610. The molecule has 1 aromatic heterocycles. The van der Waals surface area contributed by atoms with Crippen LogP contribution in [0.2, 0.25) is 0 Å². The van der Waals surface area contributed by atoms with E-state index in [1.807, 2.05) is 19.2 Å². The van der Waals surface area contributed by atoms with Gasteiger partial charge < -0.3 is 15.8 Å². The highest BCUT2D eigenvalue weighted by Crippen LogP contribution is 2.24. The van der Waals surface area contributed by atoms with E-state index in [4.69, 9.17) is 10.5 Å². The molecule has 0 aliphatic rings. The Morgan fingerprint density at radius 1 is 1.50 bits per heavy atom. The second-order valence-electron chi connectivity index (χ2n) is 4.21. The summed E-state index contributed by atoms with van der Waals surface area (Å²) in [5, 5.41) is 4.17. The van der Waals surface area contributed by atoms with Crippen LogP contribution in [0.3, 0.4) is 0 Å². The molecular weight excluding hydrogens is 274 g/mol. The van der Waals surface area contributed by atoms with Crippen molar-refractivity contribution in [1.82, 2.24) is 4.98 Å². The normalized spacial score (nSPS) is 10.3. The number of nitrogens with one attached hydrogen (secondary N) is 1. The van der Waals surface area contributed by atoms with Crippen molar-refractivity contribution < 1.29 is 9.53 Å². The molecule has 0 saturated heterocycles. The van der Waals surface area contributed by atoms with E-state index in [1.54, 1.807) is 30.4 Å². The largest absolute Gasteiger partial charge is 0.462 e. The van der Waals surface area contributed by atoms with Crippen LogP contribution in [0.4, 0.5) is 11.4 Å². The van der Waals surface area contributed by atoms with Crippen molar-refractivity contribution in [1.29, 1.82) is 0 Å². The summed E-state index contributed by atoms with van der Waals surface area (Å²) >= 11 is 1.63. The summed E-state index contributed by atoms with van der Waals surface area (Å²) in [7, 11) is 0. The molecule has 0 fully saturated rings. The van der Waals surface area contributed by atoms with Crippen molar-refractivity contribution in [3.63, 3.8) is 0 Å². The van der Waals surface area contributed by atoms with Gasteiger partial charge in [-0.1, -0.05) is 6.07 Å². The molecule has 6 heteroatoms. The van der Waals surface area contributed by atoms with Crippen LogP contribution in [0.5, 0.6) is 0 Å². The number of nitrogens with zero attached hydrogens (tertiary/aromatic N) is 1. The Balaban J connectivity index is 2.12. The second-order valence-corrected chi connectivity index (χ2v) is 5.52. The highest BCUT2D eigenvalue weighted by atomic mass is 32.1. The van der Waals surface area contributed by atoms with Crippen molar-refractivity contribution in [3.05, 3.63) is 39.8 Å². The Morgan fingerprint density at radius 2 is 2.30 bits per heavy atom. The van der Waals surface area contributed by atoms with Gasteiger partial charge in [0, 0.05) is 11.1 Å². The van der Waals surface area contributed by atoms with Crippen LogP contribution in [-0.2, 0) is 11.3 Å². The zero-order valence-corrected chi connectivity index (χ0v) is 12.3. The van der Waals surface area contributed by atoms with Crippen molar-refractivity contribution >= 4 is 28.7 Å². The number of thiazole rings is 1.